The highest BCUT2D eigenvalue weighted by atomic mass is 35.5. The molecule has 2 aromatic rings. The van der Waals surface area contributed by atoms with Crippen molar-refractivity contribution in [3.63, 3.8) is 0 Å². The molecule has 222 valence electrons. The molecule has 0 saturated heterocycles. The van der Waals surface area contributed by atoms with Crippen LogP contribution in [-0.4, -0.2) is 16.6 Å². The van der Waals surface area contributed by atoms with Crippen molar-refractivity contribution in [1.29, 1.82) is 0 Å². The number of benzene rings is 1. The Morgan fingerprint density at radius 2 is 1.38 bits per heavy atom. The molecular weight excluding hydrogens is 506 g/mol. The SMILES string of the molecule is C1CCCC1.CC.CC.CC1CCC(C)[C@H](OC(=O)Cc2ccc(Cn3cc(Cl)ccc3=O)cc2)C1.CCC. The molecule has 0 radical (unpaired) electrons. The zero-order valence-corrected chi connectivity index (χ0v) is 26.9. The number of aromatic nitrogens is 1. The van der Waals surface area contributed by atoms with E-state index in [1.807, 2.05) is 52.0 Å². The average molecular weight is 562 g/mol. The third-order valence-electron chi connectivity index (χ3n) is 6.59. The lowest BCUT2D eigenvalue weighted by Crippen LogP contribution is -2.31. The largest absolute Gasteiger partial charge is 0.462 e. The van der Waals surface area contributed by atoms with Gasteiger partial charge in [-0.05, 0) is 41.9 Å². The van der Waals surface area contributed by atoms with Crippen molar-refractivity contribution in [2.45, 2.75) is 132 Å². The van der Waals surface area contributed by atoms with Crippen LogP contribution in [0, 0.1) is 11.8 Å². The quantitative estimate of drug-likeness (QED) is 0.341. The first kappa shape index (κ1) is 36.9. The van der Waals surface area contributed by atoms with Crippen molar-refractivity contribution in [3.05, 3.63) is 69.1 Å². The number of carbonyl (C=O) groups excluding carboxylic acids is 1. The van der Waals surface area contributed by atoms with Gasteiger partial charge in [-0.1, -0.05) is 136 Å². The molecule has 5 heteroatoms. The number of hydrogen-bond acceptors (Lipinski definition) is 3. The Hall–Kier alpha value is -2.07. The average Bonchev–Trinajstić information content (AvgIpc) is 3.53. The summed E-state index contributed by atoms with van der Waals surface area (Å²) in [6, 6.07) is 10.7. The summed E-state index contributed by atoms with van der Waals surface area (Å²) >= 11 is 5.95. The molecule has 0 amide bonds. The van der Waals surface area contributed by atoms with Gasteiger partial charge in [-0.3, -0.25) is 9.59 Å². The highest BCUT2D eigenvalue weighted by Crippen LogP contribution is 2.30. The van der Waals surface area contributed by atoms with E-state index in [0.29, 0.717) is 23.4 Å². The van der Waals surface area contributed by atoms with Crippen LogP contribution in [0.2, 0.25) is 5.02 Å². The van der Waals surface area contributed by atoms with Crippen LogP contribution in [0.4, 0.5) is 0 Å². The molecule has 2 saturated carbocycles. The first-order chi connectivity index (χ1) is 18.8. The topological polar surface area (TPSA) is 48.3 Å². The molecule has 0 spiro atoms. The Morgan fingerprint density at radius 3 is 1.92 bits per heavy atom. The monoisotopic (exact) mass is 561 g/mol. The van der Waals surface area contributed by atoms with Gasteiger partial charge >= 0.3 is 5.97 Å². The van der Waals surface area contributed by atoms with Crippen molar-refractivity contribution in [2.75, 3.05) is 0 Å². The fourth-order valence-electron chi connectivity index (χ4n) is 4.49. The number of hydrogen-bond donors (Lipinski definition) is 0. The third-order valence-corrected chi connectivity index (χ3v) is 6.81. The van der Waals surface area contributed by atoms with Gasteiger partial charge in [0.1, 0.15) is 6.10 Å². The highest BCUT2D eigenvalue weighted by molar-refractivity contribution is 6.30. The van der Waals surface area contributed by atoms with Crippen LogP contribution in [0.3, 0.4) is 0 Å². The van der Waals surface area contributed by atoms with Gasteiger partial charge in [0.15, 0.2) is 0 Å². The van der Waals surface area contributed by atoms with Crippen LogP contribution >= 0.6 is 11.6 Å². The zero-order chi connectivity index (χ0) is 29.6. The highest BCUT2D eigenvalue weighted by Gasteiger charge is 2.28. The maximum atomic E-state index is 12.3. The molecule has 4 nitrogen and oxygen atoms in total. The second-order valence-corrected chi connectivity index (χ2v) is 10.6. The standard InChI is InChI=1S/C22H26ClNO3.C5H10.C3H8.2C2H6/c1-15-3-4-16(2)20(11-15)27-22(26)12-17-5-7-18(8-6-17)13-24-14-19(23)9-10-21(24)25;1-2-4-5-3-1;1-3-2;2*1-2/h5-10,14-16,20H,3-4,11-13H2,1-2H3;1-5H2;3H2,1-2H3;2*1-2H3/t15?,16?,20-;;;;/m1..../s1. The Bertz CT molecular complexity index is 927. The summed E-state index contributed by atoms with van der Waals surface area (Å²) < 4.78 is 7.30. The van der Waals surface area contributed by atoms with E-state index in [9.17, 15) is 9.59 Å². The molecule has 0 N–H and O–H groups in total. The van der Waals surface area contributed by atoms with Crippen molar-refractivity contribution in [2.24, 2.45) is 11.8 Å². The maximum Gasteiger partial charge on any atom is 0.310 e. The molecule has 0 aliphatic heterocycles. The summed E-state index contributed by atoms with van der Waals surface area (Å²) in [5.41, 5.74) is 1.80. The number of esters is 1. The second kappa shape index (κ2) is 22.7. The molecule has 1 aromatic heterocycles. The van der Waals surface area contributed by atoms with Crippen LogP contribution in [0.15, 0.2) is 47.4 Å². The molecular formula is C34H56ClNO3. The number of halogens is 1. The lowest BCUT2D eigenvalue weighted by Gasteiger charge is -2.32. The van der Waals surface area contributed by atoms with Crippen molar-refractivity contribution in [3.8, 4) is 0 Å². The number of nitrogens with zero attached hydrogens (tertiary/aromatic N) is 1. The van der Waals surface area contributed by atoms with Crippen LogP contribution in [0.5, 0.6) is 0 Å². The molecule has 1 heterocycles. The van der Waals surface area contributed by atoms with E-state index < -0.39 is 0 Å². The van der Waals surface area contributed by atoms with E-state index in [-0.39, 0.29) is 24.1 Å². The van der Waals surface area contributed by atoms with Gasteiger partial charge in [0.05, 0.1) is 18.0 Å². The number of carbonyl (C=O) groups is 1. The Morgan fingerprint density at radius 1 is 0.872 bits per heavy atom. The lowest BCUT2D eigenvalue weighted by molar-refractivity contribution is -0.153. The summed E-state index contributed by atoms with van der Waals surface area (Å²) in [4.78, 5) is 24.2. The molecule has 2 unspecified atom stereocenters. The minimum Gasteiger partial charge on any atom is -0.462 e. The number of ether oxygens (including phenoxy) is 1. The van der Waals surface area contributed by atoms with Gasteiger partial charge in [-0.25, -0.2) is 0 Å². The molecule has 39 heavy (non-hydrogen) atoms. The van der Waals surface area contributed by atoms with E-state index >= 15 is 0 Å². The molecule has 4 rings (SSSR count). The molecule has 1 aromatic carbocycles. The molecule has 2 aliphatic rings. The fraction of sp³-hybridized carbons (Fsp3) is 0.647. The van der Waals surface area contributed by atoms with Gasteiger partial charge in [-0.15, -0.1) is 0 Å². The van der Waals surface area contributed by atoms with Gasteiger partial charge < -0.3 is 9.30 Å². The first-order valence-corrected chi connectivity index (χ1v) is 15.8. The van der Waals surface area contributed by atoms with Crippen LogP contribution in [0.1, 0.15) is 124 Å². The predicted octanol–water partition coefficient (Wildman–Crippen LogP) is 9.88. The first-order valence-electron chi connectivity index (χ1n) is 15.5. The Balaban J connectivity index is 0.00000102. The second-order valence-electron chi connectivity index (χ2n) is 10.2. The minimum absolute atomic E-state index is 0.0372. The summed E-state index contributed by atoms with van der Waals surface area (Å²) in [6.07, 6.45) is 14.0. The zero-order valence-electron chi connectivity index (χ0n) is 26.1. The maximum absolute atomic E-state index is 12.3. The van der Waals surface area contributed by atoms with E-state index in [4.69, 9.17) is 16.3 Å². The van der Waals surface area contributed by atoms with Gasteiger partial charge in [0.2, 0.25) is 0 Å². The van der Waals surface area contributed by atoms with Crippen LogP contribution in [0.25, 0.3) is 0 Å². The van der Waals surface area contributed by atoms with Crippen LogP contribution < -0.4 is 5.56 Å². The normalized spacial score (nSPS) is 19.4. The summed E-state index contributed by atoms with van der Waals surface area (Å²) in [5, 5.41) is 0.528. The van der Waals surface area contributed by atoms with Gasteiger partial charge in [0, 0.05) is 12.3 Å². The van der Waals surface area contributed by atoms with E-state index in [1.165, 1.54) is 51.0 Å². The lowest BCUT2D eigenvalue weighted by atomic mass is 9.82. The third kappa shape index (κ3) is 15.9. The smallest absolute Gasteiger partial charge is 0.310 e. The van der Waals surface area contributed by atoms with Crippen LogP contribution in [-0.2, 0) is 22.5 Å². The molecule has 2 fully saturated rings. The minimum atomic E-state index is -0.167. The molecule has 2 aliphatic carbocycles. The Labute approximate surface area is 244 Å². The summed E-state index contributed by atoms with van der Waals surface area (Å²) in [7, 11) is 0. The predicted molar refractivity (Wildman–Crippen MR) is 169 cm³/mol. The van der Waals surface area contributed by atoms with Gasteiger partial charge in [0.25, 0.3) is 5.56 Å². The molecule has 0 bridgehead atoms. The van der Waals surface area contributed by atoms with Crippen molar-refractivity contribution >= 4 is 17.6 Å². The fourth-order valence-corrected chi connectivity index (χ4v) is 4.67. The summed E-state index contributed by atoms with van der Waals surface area (Å²) in [5.74, 6) is 0.886. The number of rotatable bonds is 5. The van der Waals surface area contributed by atoms with Crippen molar-refractivity contribution in [1.82, 2.24) is 4.57 Å². The van der Waals surface area contributed by atoms with E-state index in [2.05, 4.69) is 27.7 Å². The Kier molecular flexibility index (Phi) is 21.5. The van der Waals surface area contributed by atoms with Crippen molar-refractivity contribution < 1.29 is 9.53 Å². The van der Waals surface area contributed by atoms with E-state index in [1.54, 1.807) is 16.8 Å². The summed E-state index contributed by atoms with van der Waals surface area (Å²) in [6.45, 7) is 17.1. The van der Waals surface area contributed by atoms with Gasteiger partial charge in [-0.2, -0.15) is 0 Å². The van der Waals surface area contributed by atoms with E-state index in [0.717, 1.165) is 24.0 Å². The molecule has 3 atom stereocenters. The number of pyridine rings is 1.